The molecule has 132 valence electrons. The number of anilines is 1. The topological polar surface area (TPSA) is 60.0 Å². The van der Waals surface area contributed by atoms with E-state index in [1.807, 2.05) is 36.1 Å². The first-order chi connectivity index (χ1) is 12.7. The number of hydrogen-bond acceptors (Lipinski definition) is 4. The van der Waals surface area contributed by atoms with E-state index < -0.39 is 0 Å². The molecule has 4 aromatic rings. The van der Waals surface area contributed by atoms with Crippen molar-refractivity contribution in [3.8, 4) is 11.3 Å². The smallest absolute Gasteiger partial charge is 0.158 e. The van der Waals surface area contributed by atoms with Crippen molar-refractivity contribution in [2.75, 3.05) is 11.9 Å². The van der Waals surface area contributed by atoms with Gasteiger partial charge >= 0.3 is 0 Å². The van der Waals surface area contributed by atoms with Gasteiger partial charge in [-0.25, -0.2) is 9.97 Å². The molecule has 1 aromatic carbocycles. The van der Waals surface area contributed by atoms with Crippen molar-refractivity contribution < 1.29 is 0 Å². The Labute approximate surface area is 152 Å². The van der Waals surface area contributed by atoms with E-state index in [0.29, 0.717) is 0 Å². The molecule has 0 aliphatic heterocycles. The molecule has 0 amide bonds. The first-order valence-electron chi connectivity index (χ1n) is 8.83. The van der Waals surface area contributed by atoms with Crippen LogP contribution in [-0.4, -0.2) is 30.7 Å². The van der Waals surface area contributed by atoms with E-state index in [2.05, 4.69) is 51.0 Å². The first-order valence-corrected chi connectivity index (χ1v) is 8.83. The van der Waals surface area contributed by atoms with Gasteiger partial charge in [0.2, 0.25) is 0 Å². The van der Waals surface area contributed by atoms with Gasteiger partial charge in [0, 0.05) is 48.9 Å². The lowest BCUT2D eigenvalue weighted by atomic mass is 10.1. The number of imidazole rings is 1. The van der Waals surface area contributed by atoms with Crippen molar-refractivity contribution in [3.63, 3.8) is 0 Å². The van der Waals surface area contributed by atoms with Gasteiger partial charge in [0.15, 0.2) is 5.65 Å². The average molecular weight is 346 g/mol. The predicted molar refractivity (Wildman–Crippen MR) is 103 cm³/mol. The number of nitrogens with zero attached hydrogens (tertiary/aromatic N) is 5. The molecule has 0 saturated carbocycles. The fraction of sp³-hybridized carbons (Fsp3) is 0.250. The molecule has 0 fully saturated rings. The highest BCUT2D eigenvalue weighted by Gasteiger charge is 2.09. The molecule has 3 aromatic heterocycles. The maximum Gasteiger partial charge on any atom is 0.158 e. The Hall–Kier alpha value is -3.15. The highest BCUT2D eigenvalue weighted by Crippen LogP contribution is 2.22. The summed E-state index contributed by atoms with van der Waals surface area (Å²) < 4.78 is 3.97. The molecule has 0 aliphatic rings. The molecule has 6 nitrogen and oxygen atoms in total. The average Bonchev–Trinajstić information content (AvgIpc) is 3.28. The summed E-state index contributed by atoms with van der Waals surface area (Å²) in [5.41, 5.74) is 5.11. The number of benzene rings is 1. The van der Waals surface area contributed by atoms with Crippen LogP contribution in [0.2, 0.25) is 0 Å². The van der Waals surface area contributed by atoms with E-state index in [-0.39, 0.29) is 0 Å². The van der Waals surface area contributed by atoms with Crippen LogP contribution in [-0.2, 0) is 6.54 Å². The summed E-state index contributed by atoms with van der Waals surface area (Å²) in [4.78, 5) is 8.69. The zero-order chi connectivity index (χ0) is 17.9. The van der Waals surface area contributed by atoms with E-state index in [9.17, 15) is 0 Å². The zero-order valence-electron chi connectivity index (χ0n) is 15.1. The van der Waals surface area contributed by atoms with Gasteiger partial charge in [0.25, 0.3) is 0 Å². The van der Waals surface area contributed by atoms with Crippen LogP contribution in [0.1, 0.15) is 17.7 Å². The van der Waals surface area contributed by atoms with Gasteiger partial charge in [-0.05, 0) is 20.3 Å². The Balaban J connectivity index is 1.54. The van der Waals surface area contributed by atoms with Crippen LogP contribution < -0.4 is 5.32 Å². The second kappa shape index (κ2) is 7.00. The van der Waals surface area contributed by atoms with Crippen LogP contribution in [0.4, 0.5) is 5.82 Å². The quantitative estimate of drug-likeness (QED) is 0.541. The molecule has 0 unspecified atom stereocenters. The minimum atomic E-state index is 0.858. The van der Waals surface area contributed by atoms with Gasteiger partial charge in [0.1, 0.15) is 5.82 Å². The molecule has 0 radical (unpaired) electrons. The van der Waals surface area contributed by atoms with E-state index in [0.717, 1.165) is 47.9 Å². The second-order valence-corrected chi connectivity index (χ2v) is 6.53. The number of aromatic nitrogens is 5. The Morgan fingerprint density at radius 1 is 1.08 bits per heavy atom. The Morgan fingerprint density at radius 2 is 1.92 bits per heavy atom. The van der Waals surface area contributed by atoms with Crippen molar-refractivity contribution in [1.29, 1.82) is 0 Å². The summed E-state index contributed by atoms with van der Waals surface area (Å²) in [5.74, 6) is 0.969. The molecule has 0 saturated heterocycles. The van der Waals surface area contributed by atoms with Crippen LogP contribution in [0.15, 0.2) is 55.1 Å². The van der Waals surface area contributed by atoms with Gasteiger partial charge in [-0.1, -0.05) is 29.8 Å². The largest absolute Gasteiger partial charge is 0.370 e. The van der Waals surface area contributed by atoms with Gasteiger partial charge in [-0.15, -0.1) is 0 Å². The summed E-state index contributed by atoms with van der Waals surface area (Å²) in [7, 11) is 0. The third-order valence-electron chi connectivity index (χ3n) is 4.36. The van der Waals surface area contributed by atoms with Crippen molar-refractivity contribution >= 4 is 11.5 Å². The molecule has 6 heteroatoms. The number of rotatable bonds is 6. The minimum absolute atomic E-state index is 0.858. The maximum atomic E-state index is 4.76. The second-order valence-electron chi connectivity index (χ2n) is 6.53. The van der Waals surface area contributed by atoms with E-state index >= 15 is 0 Å². The maximum absolute atomic E-state index is 4.76. The number of hydrogen-bond donors (Lipinski definition) is 1. The molecule has 0 spiro atoms. The van der Waals surface area contributed by atoms with Crippen molar-refractivity contribution in [1.82, 2.24) is 24.1 Å². The van der Waals surface area contributed by atoms with E-state index in [4.69, 9.17) is 5.10 Å². The van der Waals surface area contributed by atoms with Crippen LogP contribution in [0, 0.1) is 13.8 Å². The molecule has 0 bridgehead atoms. The van der Waals surface area contributed by atoms with E-state index in [1.54, 1.807) is 6.20 Å². The van der Waals surface area contributed by atoms with Crippen LogP contribution in [0.3, 0.4) is 0 Å². The molecule has 0 atom stereocenters. The lowest BCUT2D eigenvalue weighted by Gasteiger charge is -2.09. The summed E-state index contributed by atoms with van der Waals surface area (Å²) in [6, 6.07) is 12.5. The van der Waals surface area contributed by atoms with Gasteiger partial charge in [-0.3, -0.25) is 0 Å². The van der Waals surface area contributed by atoms with Crippen LogP contribution in [0.5, 0.6) is 0 Å². The fourth-order valence-corrected chi connectivity index (χ4v) is 2.99. The lowest BCUT2D eigenvalue weighted by Crippen LogP contribution is -2.10. The zero-order valence-corrected chi connectivity index (χ0v) is 15.1. The fourth-order valence-electron chi connectivity index (χ4n) is 2.99. The summed E-state index contributed by atoms with van der Waals surface area (Å²) >= 11 is 0. The molecule has 3 heterocycles. The summed E-state index contributed by atoms with van der Waals surface area (Å²) in [6.07, 6.45) is 6.64. The molecule has 4 rings (SSSR count). The number of fused-ring (bicyclic) bond motifs is 1. The Morgan fingerprint density at radius 3 is 2.69 bits per heavy atom. The molecule has 26 heavy (non-hydrogen) atoms. The molecular formula is C20H22N6. The molecule has 0 aliphatic carbocycles. The van der Waals surface area contributed by atoms with Gasteiger partial charge in [0.05, 0.1) is 12.0 Å². The van der Waals surface area contributed by atoms with E-state index in [1.165, 1.54) is 5.56 Å². The highest BCUT2D eigenvalue weighted by molar-refractivity contribution is 5.66. The predicted octanol–water partition coefficient (Wildman–Crippen LogP) is 3.71. The standard InChI is InChI=1S/C20H22N6/c1-15-4-6-17(7-5-15)18-13-20-23-16(2)12-19(26(20)24-18)22-8-3-10-25-11-9-21-14-25/h4-7,9,11-14,22H,3,8,10H2,1-2H3. The SMILES string of the molecule is Cc1ccc(-c2cc3nc(C)cc(NCCCn4ccnc4)n3n2)cc1. The third-order valence-corrected chi connectivity index (χ3v) is 4.36. The van der Waals surface area contributed by atoms with Crippen molar-refractivity contribution in [3.05, 3.63) is 66.4 Å². The van der Waals surface area contributed by atoms with Crippen LogP contribution in [0.25, 0.3) is 16.9 Å². The number of aryl methyl sites for hydroxylation is 3. The minimum Gasteiger partial charge on any atom is -0.370 e. The van der Waals surface area contributed by atoms with Crippen molar-refractivity contribution in [2.24, 2.45) is 0 Å². The molecular weight excluding hydrogens is 324 g/mol. The summed E-state index contributed by atoms with van der Waals surface area (Å²) in [6.45, 7) is 5.89. The normalized spacial score (nSPS) is 11.2. The highest BCUT2D eigenvalue weighted by atomic mass is 15.3. The molecule has 1 N–H and O–H groups in total. The monoisotopic (exact) mass is 346 g/mol. The number of nitrogens with one attached hydrogen (secondary N) is 1. The van der Waals surface area contributed by atoms with Gasteiger partial charge < -0.3 is 9.88 Å². The summed E-state index contributed by atoms with van der Waals surface area (Å²) in [5, 5.41) is 8.25. The van der Waals surface area contributed by atoms with Crippen LogP contribution >= 0.6 is 0 Å². The van der Waals surface area contributed by atoms with Gasteiger partial charge in [-0.2, -0.15) is 9.61 Å². The first kappa shape index (κ1) is 16.3. The Kier molecular flexibility index (Phi) is 4.39. The third kappa shape index (κ3) is 3.44. The van der Waals surface area contributed by atoms with Crippen molar-refractivity contribution in [2.45, 2.75) is 26.8 Å². The lowest BCUT2D eigenvalue weighted by molar-refractivity contribution is 0.659. The Bertz CT molecular complexity index is 999.